The number of hydrogen-bond donors (Lipinski definition) is 0. The molecule has 1 rings (SSSR count). The Morgan fingerprint density at radius 1 is 1.42 bits per heavy atom. The van der Waals surface area contributed by atoms with E-state index in [2.05, 4.69) is 41.7 Å². The molecule has 1 aromatic heterocycles. The van der Waals surface area contributed by atoms with Crippen LogP contribution in [0.15, 0.2) is 18.7 Å². The van der Waals surface area contributed by atoms with Crippen LogP contribution < -0.4 is 4.57 Å². The highest BCUT2D eigenvalue weighted by molar-refractivity contribution is 7.86. The summed E-state index contributed by atoms with van der Waals surface area (Å²) >= 11 is 0. The van der Waals surface area contributed by atoms with E-state index in [0.717, 1.165) is 12.5 Å². The maximum atomic E-state index is 10.7. The van der Waals surface area contributed by atoms with Gasteiger partial charge in [0.25, 0.3) is 0 Å². The van der Waals surface area contributed by atoms with Crippen LogP contribution in [0.5, 0.6) is 0 Å². The van der Waals surface area contributed by atoms with Crippen LogP contribution in [0.25, 0.3) is 0 Å². The average molecular weight is 302 g/mol. The first-order chi connectivity index (χ1) is 8.47. The van der Waals surface area contributed by atoms with Crippen LogP contribution in [-0.2, 0) is 23.7 Å². The molecule has 0 N–H and O–H groups in total. The molecule has 0 aliphatic carbocycles. The number of alkyl halides is 3. The summed E-state index contributed by atoms with van der Waals surface area (Å²) in [5, 5.41) is 0. The summed E-state index contributed by atoms with van der Waals surface area (Å²) in [5.41, 5.74) is -5.65. The Bertz CT molecular complexity index is 482. The zero-order valence-corrected chi connectivity index (χ0v) is 11.7. The van der Waals surface area contributed by atoms with Gasteiger partial charge in [-0.3, -0.25) is 0 Å². The maximum absolute atomic E-state index is 10.7. The van der Waals surface area contributed by atoms with Crippen LogP contribution >= 0.6 is 0 Å². The number of hydrogen-bond acceptors (Lipinski definition) is 3. The number of aromatic nitrogens is 2. The van der Waals surface area contributed by atoms with Crippen molar-refractivity contribution in [3.8, 4) is 0 Å². The van der Waals surface area contributed by atoms with Crippen molar-refractivity contribution in [3.63, 3.8) is 0 Å². The van der Waals surface area contributed by atoms with Gasteiger partial charge in [-0.1, -0.05) is 13.8 Å². The van der Waals surface area contributed by atoms with E-state index in [1.165, 1.54) is 6.42 Å². The standard InChI is InChI=1S/C9H17N2.CHF3O3S/c1-4-9(2)7-11-6-5-10(3)8-11;2-1(3,4)8(5,6)7/h5-6,8-9H,4,7H2,1-3H3;(H,5,6,7)/q+1;/p-1. The van der Waals surface area contributed by atoms with E-state index in [1.54, 1.807) is 0 Å². The normalized spacial score (nSPS) is 13.6. The fourth-order valence-electron chi connectivity index (χ4n) is 1.10. The molecule has 0 saturated carbocycles. The van der Waals surface area contributed by atoms with Gasteiger partial charge >= 0.3 is 5.51 Å². The molecule has 9 heteroatoms. The van der Waals surface area contributed by atoms with Crippen molar-refractivity contribution in [1.82, 2.24) is 4.57 Å². The van der Waals surface area contributed by atoms with Gasteiger partial charge in [0.15, 0.2) is 10.1 Å². The van der Waals surface area contributed by atoms with Gasteiger partial charge in [-0.05, 0) is 12.3 Å². The third-order valence-corrected chi connectivity index (χ3v) is 2.89. The fraction of sp³-hybridized carbons (Fsp3) is 0.700. The lowest BCUT2D eigenvalue weighted by Crippen LogP contribution is -2.24. The van der Waals surface area contributed by atoms with E-state index in [1.807, 2.05) is 7.05 Å². The summed E-state index contributed by atoms with van der Waals surface area (Å²) in [7, 11) is -4.04. The number of rotatable bonds is 3. The predicted octanol–water partition coefficient (Wildman–Crippen LogP) is 1.41. The smallest absolute Gasteiger partial charge is 0.485 e. The van der Waals surface area contributed by atoms with Crippen LogP contribution in [0.3, 0.4) is 0 Å². The lowest BCUT2D eigenvalue weighted by Gasteiger charge is -2.08. The molecule has 0 spiro atoms. The molecule has 0 saturated heterocycles. The second kappa shape index (κ2) is 6.90. The van der Waals surface area contributed by atoms with Gasteiger partial charge in [0.05, 0.1) is 13.6 Å². The van der Waals surface area contributed by atoms with Crippen LogP contribution in [0.2, 0.25) is 0 Å². The fourth-order valence-corrected chi connectivity index (χ4v) is 1.10. The third-order valence-electron chi connectivity index (χ3n) is 2.33. The van der Waals surface area contributed by atoms with E-state index in [0.29, 0.717) is 0 Å². The van der Waals surface area contributed by atoms with Gasteiger partial charge in [0, 0.05) is 0 Å². The van der Waals surface area contributed by atoms with E-state index in [-0.39, 0.29) is 0 Å². The molecule has 112 valence electrons. The lowest BCUT2D eigenvalue weighted by molar-refractivity contribution is -0.671. The predicted molar refractivity (Wildman–Crippen MR) is 60.8 cm³/mol. The lowest BCUT2D eigenvalue weighted by atomic mass is 10.1. The van der Waals surface area contributed by atoms with Gasteiger partial charge in [-0.25, -0.2) is 17.6 Å². The second-order valence-electron chi connectivity index (χ2n) is 4.19. The molecular formula is C10H17F3N2O3S. The molecule has 0 aliphatic heterocycles. The Balaban J connectivity index is 0.000000362. The minimum atomic E-state index is -6.09. The molecule has 19 heavy (non-hydrogen) atoms. The first kappa shape index (κ1) is 17.9. The first-order valence-electron chi connectivity index (χ1n) is 5.50. The summed E-state index contributed by atoms with van der Waals surface area (Å²) in [6.07, 6.45) is 7.56. The van der Waals surface area contributed by atoms with Crippen molar-refractivity contribution in [2.24, 2.45) is 13.0 Å². The minimum absolute atomic E-state index is 0.780. The topological polar surface area (TPSA) is 66.0 Å². The van der Waals surface area contributed by atoms with Crippen molar-refractivity contribution >= 4 is 10.1 Å². The second-order valence-corrected chi connectivity index (χ2v) is 5.56. The quantitative estimate of drug-likeness (QED) is 0.482. The monoisotopic (exact) mass is 302 g/mol. The molecule has 0 bridgehead atoms. The van der Waals surface area contributed by atoms with E-state index >= 15 is 0 Å². The van der Waals surface area contributed by atoms with E-state index in [4.69, 9.17) is 13.0 Å². The van der Waals surface area contributed by atoms with Gasteiger partial charge in [-0.2, -0.15) is 13.2 Å². The molecule has 1 aromatic rings. The molecule has 1 atom stereocenters. The van der Waals surface area contributed by atoms with Crippen LogP contribution in [0.4, 0.5) is 13.2 Å². The molecule has 0 aromatic carbocycles. The van der Waals surface area contributed by atoms with E-state index in [9.17, 15) is 13.2 Å². The Kier molecular flexibility index (Phi) is 6.50. The number of halogens is 3. The average Bonchev–Trinajstić information content (AvgIpc) is 2.61. The van der Waals surface area contributed by atoms with Gasteiger partial charge < -0.3 is 4.55 Å². The van der Waals surface area contributed by atoms with Crippen LogP contribution in [0.1, 0.15) is 20.3 Å². The third kappa shape index (κ3) is 7.16. The highest BCUT2D eigenvalue weighted by Crippen LogP contribution is 2.20. The zero-order chi connectivity index (χ0) is 15.3. The first-order valence-corrected chi connectivity index (χ1v) is 6.91. The maximum Gasteiger partial charge on any atom is 0.485 e. The highest BCUT2D eigenvalue weighted by atomic mass is 32.2. The van der Waals surface area contributed by atoms with Crippen LogP contribution in [-0.4, -0.2) is 23.0 Å². The SMILES string of the molecule is CCC(C)Cn1cc[n+](C)c1.O=S(=O)([O-])C(F)(F)F. The summed E-state index contributed by atoms with van der Waals surface area (Å²) in [6, 6.07) is 0. The molecule has 0 radical (unpaired) electrons. The molecule has 1 heterocycles. The molecule has 0 amide bonds. The highest BCUT2D eigenvalue weighted by Gasteiger charge is 2.36. The Labute approximate surface area is 110 Å². The molecule has 0 fully saturated rings. The Morgan fingerprint density at radius 3 is 2.16 bits per heavy atom. The van der Waals surface area contributed by atoms with Crippen molar-refractivity contribution < 1.29 is 30.7 Å². The molecular weight excluding hydrogens is 285 g/mol. The van der Waals surface area contributed by atoms with Crippen molar-refractivity contribution in [3.05, 3.63) is 18.7 Å². The van der Waals surface area contributed by atoms with Gasteiger partial charge in [0.2, 0.25) is 6.33 Å². The number of imidazole rings is 1. The van der Waals surface area contributed by atoms with Crippen molar-refractivity contribution in [2.45, 2.75) is 32.3 Å². The molecule has 0 aliphatic rings. The zero-order valence-electron chi connectivity index (χ0n) is 10.9. The van der Waals surface area contributed by atoms with Crippen LogP contribution in [0, 0.1) is 5.92 Å². The summed E-state index contributed by atoms with van der Waals surface area (Å²) in [6.45, 7) is 5.64. The van der Waals surface area contributed by atoms with Gasteiger partial charge in [0.1, 0.15) is 12.4 Å². The van der Waals surface area contributed by atoms with Crippen molar-refractivity contribution in [1.29, 1.82) is 0 Å². The summed E-state index contributed by atoms with van der Waals surface area (Å²) in [5.74, 6) is 0.780. The molecule has 1 unspecified atom stereocenters. The number of aryl methyl sites for hydroxylation is 1. The Morgan fingerprint density at radius 2 is 1.89 bits per heavy atom. The number of nitrogens with zero attached hydrogens (tertiary/aromatic N) is 2. The molecule has 5 nitrogen and oxygen atoms in total. The largest absolute Gasteiger partial charge is 0.741 e. The Hall–Kier alpha value is -1.09. The van der Waals surface area contributed by atoms with Crippen molar-refractivity contribution in [2.75, 3.05) is 0 Å². The van der Waals surface area contributed by atoms with Gasteiger partial charge in [-0.15, -0.1) is 0 Å². The van der Waals surface area contributed by atoms with E-state index < -0.39 is 15.6 Å². The minimum Gasteiger partial charge on any atom is -0.741 e. The summed E-state index contributed by atoms with van der Waals surface area (Å²) in [4.78, 5) is 0. The summed E-state index contributed by atoms with van der Waals surface area (Å²) < 4.78 is 63.2.